The van der Waals surface area contributed by atoms with Crippen molar-refractivity contribution in [1.82, 2.24) is 19.5 Å². The molecule has 5 rings (SSSR count). The predicted octanol–water partition coefficient (Wildman–Crippen LogP) is 5.21. The Morgan fingerprint density at radius 1 is 1.06 bits per heavy atom. The molecule has 0 aliphatic heterocycles. The normalized spacial score (nSPS) is 16.3. The molecule has 1 atom stereocenters. The summed E-state index contributed by atoms with van der Waals surface area (Å²) >= 11 is 0. The maximum Gasteiger partial charge on any atom is 0.206 e. The van der Waals surface area contributed by atoms with Crippen molar-refractivity contribution in [2.45, 2.75) is 56.2 Å². The molecule has 32 heavy (non-hydrogen) atoms. The van der Waals surface area contributed by atoms with Gasteiger partial charge in [0, 0.05) is 17.8 Å². The number of hydrogen-bond acceptors (Lipinski definition) is 4. The summed E-state index contributed by atoms with van der Waals surface area (Å²) in [6.45, 7) is 0.253. The molecule has 3 aromatic heterocycles. The highest BCUT2D eigenvalue weighted by Crippen LogP contribution is 2.30. The number of nitrogens with one attached hydrogen (secondary N) is 1. The number of halogens is 1. The number of hydrogen-bond donors (Lipinski definition) is 1. The van der Waals surface area contributed by atoms with Gasteiger partial charge in [-0.25, -0.2) is 23.0 Å². The number of aromatic nitrogens is 3. The minimum Gasteiger partial charge on any atom is -0.444 e. The van der Waals surface area contributed by atoms with Gasteiger partial charge in [-0.05, 0) is 43.2 Å². The zero-order valence-corrected chi connectivity index (χ0v) is 18.5. The maximum atomic E-state index is 14.2. The van der Waals surface area contributed by atoms with E-state index in [1.807, 2.05) is 12.1 Å². The van der Waals surface area contributed by atoms with Crippen LogP contribution < -0.4 is 4.72 Å². The molecule has 1 saturated carbocycles. The topological polar surface area (TPSA) is 73.0 Å². The van der Waals surface area contributed by atoms with Crippen LogP contribution in [0.4, 0.5) is 4.39 Å². The van der Waals surface area contributed by atoms with Gasteiger partial charge in [0.15, 0.2) is 22.4 Å². The van der Waals surface area contributed by atoms with Crippen LogP contribution in [0.2, 0.25) is 0 Å². The molecule has 6 nitrogen and oxygen atoms in total. The van der Waals surface area contributed by atoms with Gasteiger partial charge >= 0.3 is 0 Å². The smallest absolute Gasteiger partial charge is 0.206 e. The van der Waals surface area contributed by atoms with Crippen LogP contribution in [0.25, 0.3) is 22.5 Å². The number of pyridine rings is 1. The number of furan rings is 1. The standard InChI is InChI=1S/C24H25FN4O2S/c25-20-12-6-5-8-17(20)16-29-24-19(11-7-15-26-24)23(27-29)21-13-14-22(31-21)32(30)28-18-9-3-1-2-4-10-18/h5-8,11-15,18,28H,1-4,9-10,16H2. The Bertz CT molecular complexity index is 1240. The minimum atomic E-state index is -1.42. The highest BCUT2D eigenvalue weighted by Gasteiger charge is 2.21. The van der Waals surface area contributed by atoms with Gasteiger partial charge in [0.25, 0.3) is 0 Å². The van der Waals surface area contributed by atoms with Crippen molar-refractivity contribution in [1.29, 1.82) is 0 Å². The molecule has 0 saturated heterocycles. The summed E-state index contributed by atoms with van der Waals surface area (Å²) < 4.78 is 37.9. The minimum absolute atomic E-state index is 0.247. The molecule has 0 spiro atoms. The van der Waals surface area contributed by atoms with Crippen molar-refractivity contribution in [3.05, 3.63) is 66.1 Å². The van der Waals surface area contributed by atoms with Gasteiger partial charge in [0.05, 0.1) is 11.9 Å². The summed E-state index contributed by atoms with van der Waals surface area (Å²) in [5.74, 6) is 0.232. The summed E-state index contributed by atoms with van der Waals surface area (Å²) in [5.41, 5.74) is 1.77. The first kappa shape index (κ1) is 21.0. The molecule has 1 aliphatic carbocycles. The molecule has 4 aromatic rings. The molecule has 8 heteroatoms. The molecule has 1 aromatic carbocycles. The molecule has 166 valence electrons. The van der Waals surface area contributed by atoms with Gasteiger partial charge in [-0.1, -0.05) is 43.9 Å². The molecule has 1 aliphatic rings. The third-order valence-corrected chi connectivity index (χ3v) is 7.04. The van der Waals surface area contributed by atoms with Crippen molar-refractivity contribution in [3.8, 4) is 11.5 Å². The molecule has 1 fully saturated rings. The third-order valence-electron chi connectivity index (χ3n) is 5.91. The molecule has 0 bridgehead atoms. The lowest BCUT2D eigenvalue weighted by Crippen LogP contribution is -2.30. The number of benzene rings is 1. The Labute approximate surface area is 188 Å². The van der Waals surface area contributed by atoms with E-state index in [4.69, 9.17) is 4.42 Å². The van der Waals surface area contributed by atoms with E-state index in [9.17, 15) is 8.60 Å². The van der Waals surface area contributed by atoms with Gasteiger partial charge in [0.1, 0.15) is 11.5 Å². The van der Waals surface area contributed by atoms with Crippen LogP contribution in [0.1, 0.15) is 44.1 Å². The van der Waals surface area contributed by atoms with Crippen molar-refractivity contribution in [2.75, 3.05) is 0 Å². The van der Waals surface area contributed by atoms with E-state index in [0.717, 1.165) is 31.1 Å². The van der Waals surface area contributed by atoms with Crippen LogP contribution in [-0.2, 0) is 17.5 Å². The number of nitrogens with zero attached hydrogens (tertiary/aromatic N) is 3. The lowest BCUT2D eigenvalue weighted by Gasteiger charge is -2.13. The average Bonchev–Trinajstić information content (AvgIpc) is 3.34. The predicted molar refractivity (Wildman–Crippen MR) is 122 cm³/mol. The lowest BCUT2D eigenvalue weighted by molar-refractivity contribution is 0.465. The second-order valence-corrected chi connectivity index (χ2v) is 9.34. The van der Waals surface area contributed by atoms with E-state index in [2.05, 4.69) is 14.8 Å². The monoisotopic (exact) mass is 452 g/mol. The van der Waals surface area contributed by atoms with E-state index in [1.54, 1.807) is 41.2 Å². The Morgan fingerprint density at radius 2 is 1.88 bits per heavy atom. The fraction of sp³-hybridized carbons (Fsp3) is 0.333. The van der Waals surface area contributed by atoms with Crippen LogP contribution in [0.3, 0.4) is 0 Å². The third kappa shape index (κ3) is 4.38. The number of rotatable bonds is 6. The van der Waals surface area contributed by atoms with Crippen molar-refractivity contribution < 1.29 is 13.0 Å². The lowest BCUT2D eigenvalue weighted by atomic mass is 10.1. The number of fused-ring (bicyclic) bond motifs is 1. The molecule has 0 radical (unpaired) electrons. The molecule has 3 heterocycles. The fourth-order valence-electron chi connectivity index (χ4n) is 4.24. The SMILES string of the molecule is O=S(NC1CCCCCC1)c1ccc(-c2nn(Cc3ccccc3F)c3ncccc23)o1. The van der Waals surface area contributed by atoms with Gasteiger partial charge in [0.2, 0.25) is 5.09 Å². The van der Waals surface area contributed by atoms with Crippen LogP contribution in [0.5, 0.6) is 0 Å². The van der Waals surface area contributed by atoms with E-state index in [0.29, 0.717) is 27.8 Å². The van der Waals surface area contributed by atoms with Gasteiger partial charge in [-0.3, -0.25) is 0 Å². The van der Waals surface area contributed by atoms with Crippen molar-refractivity contribution >= 4 is 22.0 Å². The van der Waals surface area contributed by atoms with Gasteiger partial charge in [-0.15, -0.1) is 0 Å². The van der Waals surface area contributed by atoms with Crippen LogP contribution in [0.15, 0.2) is 64.2 Å². The highest BCUT2D eigenvalue weighted by molar-refractivity contribution is 7.82. The summed E-state index contributed by atoms with van der Waals surface area (Å²) in [5, 5.41) is 5.85. The molecule has 0 amide bonds. The maximum absolute atomic E-state index is 14.2. The average molecular weight is 453 g/mol. The molecular weight excluding hydrogens is 427 g/mol. The fourth-order valence-corrected chi connectivity index (χ4v) is 5.26. The summed E-state index contributed by atoms with van der Waals surface area (Å²) in [7, 11) is -1.42. The van der Waals surface area contributed by atoms with E-state index < -0.39 is 11.0 Å². The molecule has 1 unspecified atom stereocenters. The highest BCUT2D eigenvalue weighted by atomic mass is 32.2. The van der Waals surface area contributed by atoms with Gasteiger partial charge < -0.3 is 4.42 Å². The second kappa shape index (κ2) is 9.34. The first-order valence-electron chi connectivity index (χ1n) is 11.0. The summed E-state index contributed by atoms with van der Waals surface area (Å²) in [6.07, 6.45) is 8.57. The van der Waals surface area contributed by atoms with E-state index >= 15 is 0 Å². The summed E-state index contributed by atoms with van der Waals surface area (Å²) in [6, 6.07) is 14.1. The van der Waals surface area contributed by atoms with Crippen molar-refractivity contribution in [3.63, 3.8) is 0 Å². The van der Waals surface area contributed by atoms with E-state index in [1.165, 1.54) is 18.9 Å². The van der Waals surface area contributed by atoms with Crippen molar-refractivity contribution in [2.24, 2.45) is 0 Å². The van der Waals surface area contributed by atoms with Gasteiger partial charge in [-0.2, -0.15) is 5.10 Å². The largest absolute Gasteiger partial charge is 0.444 e. The second-order valence-electron chi connectivity index (χ2n) is 8.17. The van der Waals surface area contributed by atoms with Crippen LogP contribution in [0, 0.1) is 5.82 Å². The molecular formula is C24H25FN4O2S. The first-order chi connectivity index (χ1) is 15.7. The Hall–Kier alpha value is -2.84. The quantitative estimate of drug-likeness (QED) is 0.408. The zero-order chi connectivity index (χ0) is 21.9. The Kier molecular flexibility index (Phi) is 6.14. The Balaban J connectivity index is 1.42. The first-order valence-corrected chi connectivity index (χ1v) is 12.2. The summed E-state index contributed by atoms with van der Waals surface area (Å²) in [4.78, 5) is 4.45. The zero-order valence-electron chi connectivity index (χ0n) is 17.7. The van der Waals surface area contributed by atoms with Crippen LogP contribution in [-0.4, -0.2) is 25.0 Å². The molecule has 1 N–H and O–H groups in total. The van der Waals surface area contributed by atoms with Crippen LogP contribution >= 0.6 is 0 Å². The Morgan fingerprint density at radius 3 is 2.69 bits per heavy atom. The van der Waals surface area contributed by atoms with E-state index in [-0.39, 0.29) is 18.4 Å².